The molecular weight excluding hydrogens is 372 g/mol. The summed E-state index contributed by atoms with van der Waals surface area (Å²) in [5.74, 6) is -0.332. The molecule has 0 aliphatic heterocycles. The van der Waals surface area contributed by atoms with Gasteiger partial charge >= 0.3 is 5.97 Å². The molecule has 4 aromatic rings. The first-order chi connectivity index (χ1) is 14.1. The molecule has 0 saturated heterocycles. The Morgan fingerprint density at radius 3 is 2.93 bits per heavy atom. The Balaban J connectivity index is 1.88. The van der Waals surface area contributed by atoms with Crippen molar-refractivity contribution in [2.45, 2.75) is 26.4 Å². The van der Waals surface area contributed by atoms with Crippen LogP contribution in [0.2, 0.25) is 0 Å². The van der Waals surface area contributed by atoms with E-state index < -0.39 is 5.97 Å². The predicted molar refractivity (Wildman–Crippen MR) is 106 cm³/mol. The lowest BCUT2D eigenvalue weighted by Crippen LogP contribution is -2.42. The van der Waals surface area contributed by atoms with Crippen molar-refractivity contribution in [1.29, 1.82) is 0 Å². The van der Waals surface area contributed by atoms with Crippen molar-refractivity contribution in [2.24, 2.45) is 0 Å². The monoisotopic (exact) mass is 393 g/mol. The molecule has 0 amide bonds. The van der Waals surface area contributed by atoms with Crippen LogP contribution in [0, 0.1) is 0 Å². The van der Waals surface area contributed by atoms with Gasteiger partial charge in [0.2, 0.25) is 11.5 Å². The molecule has 2 N–H and O–H groups in total. The van der Waals surface area contributed by atoms with E-state index in [2.05, 4.69) is 9.97 Å². The predicted octanol–water partition coefficient (Wildman–Crippen LogP) is 1.18. The summed E-state index contributed by atoms with van der Waals surface area (Å²) in [5.41, 5.74) is 7.18. The van der Waals surface area contributed by atoms with Crippen molar-refractivity contribution in [3.63, 3.8) is 0 Å². The Labute approximate surface area is 166 Å². The molecule has 148 valence electrons. The summed E-state index contributed by atoms with van der Waals surface area (Å²) in [5, 5.41) is 0.314. The van der Waals surface area contributed by atoms with Gasteiger partial charge < -0.3 is 15.0 Å². The number of imidazole rings is 1. The van der Waals surface area contributed by atoms with Gasteiger partial charge in [-0.05, 0) is 31.5 Å². The van der Waals surface area contributed by atoms with Gasteiger partial charge in [-0.25, -0.2) is 14.3 Å². The van der Waals surface area contributed by atoms with E-state index in [1.807, 2.05) is 16.8 Å². The summed E-state index contributed by atoms with van der Waals surface area (Å²) < 4.78 is 10.2. The van der Waals surface area contributed by atoms with Crippen LogP contribution in [0.15, 0.2) is 54.0 Å². The molecule has 4 aromatic heterocycles. The second-order valence-electron chi connectivity index (χ2n) is 6.55. The highest BCUT2D eigenvalue weighted by molar-refractivity contribution is 5.96. The van der Waals surface area contributed by atoms with Crippen molar-refractivity contribution in [2.75, 3.05) is 12.3 Å². The Morgan fingerprint density at radius 1 is 1.31 bits per heavy atom. The van der Waals surface area contributed by atoms with E-state index in [9.17, 15) is 9.59 Å². The first kappa shape index (κ1) is 18.6. The van der Waals surface area contributed by atoms with Gasteiger partial charge in [0, 0.05) is 25.1 Å². The molecule has 0 aliphatic rings. The molecule has 0 aliphatic carbocycles. The van der Waals surface area contributed by atoms with Crippen molar-refractivity contribution in [3.05, 3.63) is 65.1 Å². The third kappa shape index (κ3) is 3.42. The average molecular weight is 393 g/mol. The molecule has 4 heterocycles. The maximum absolute atomic E-state index is 13.0. The van der Waals surface area contributed by atoms with Gasteiger partial charge in [-0.1, -0.05) is 11.1 Å². The quantitative estimate of drug-likeness (QED) is 0.299. The lowest BCUT2D eigenvalue weighted by atomic mass is 10.2. The van der Waals surface area contributed by atoms with Crippen molar-refractivity contribution < 1.29 is 14.1 Å². The van der Waals surface area contributed by atoms with E-state index in [1.165, 1.54) is 10.5 Å². The average Bonchev–Trinajstić information content (AvgIpc) is 3.23. The van der Waals surface area contributed by atoms with Crippen LogP contribution in [-0.4, -0.2) is 31.5 Å². The van der Waals surface area contributed by atoms with E-state index in [-0.39, 0.29) is 23.5 Å². The van der Waals surface area contributed by atoms with Crippen LogP contribution < -0.4 is 15.9 Å². The third-order valence-electron chi connectivity index (χ3n) is 4.71. The molecule has 0 spiro atoms. The van der Waals surface area contributed by atoms with E-state index >= 15 is 0 Å². The second-order valence-corrected chi connectivity index (χ2v) is 6.55. The highest BCUT2D eigenvalue weighted by Crippen LogP contribution is 2.16. The highest BCUT2D eigenvalue weighted by Gasteiger charge is 2.24. The Kier molecular flexibility index (Phi) is 4.94. The van der Waals surface area contributed by atoms with Crippen LogP contribution in [0.5, 0.6) is 0 Å². The molecular formula is C20H21N6O3+. The summed E-state index contributed by atoms with van der Waals surface area (Å²) in [6, 6.07) is 6.80. The summed E-state index contributed by atoms with van der Waals surface area (Å²) in [4.78, 5) is 34.2. The molecule has 9 heteroatoms. The number of rotatable bonds is 6. The largest absolute Gasteiger partial charge is 0.462 e. The minimum Gasteiger partial charge on any atom is -0.462 e. The van der Waals surface area contributed by atoms with Gasteiger partial charge in [-0.3, -0.25) is 9.20 Å². The summed E-state index contributed by atoms with van der Waals surface area (Å²) in [7, 11) is 0. The molecule has 0 bridgehead atoms. The topological polar surface area (TPSA) is 108 Å². The van der Waals surface area contributed by atoms with E-state index in [0.717, 1.165) is 0 Å². The van der Waals surface area contributed by atoms with Crippen LogP contribution in [0.3, 0.4) is 0 Å². The first-order valence-corrected chi connectivity index (χ1v) is 9.36. The third-order valence-corrected chi connectivity index (χ3v) is 4.71. The second kappa shape index (κ2) is 7.70. The number of pyridine rings is 2. The highest BCUT2D eigenvalue weighted by atomic mass is 16.5. The zero-order chi connectivity index (χ0) is 20.4. The van der Waals surface area contributed by atoms with Gasteiger partial charge in [0.1, 0.15) is 10.9 Å². The van der Waals surface area contributed by atoms with Crippen molar-refractivity contribution in [1.82, 2.24) is 18.9 Å². The number of nitrogen functional groups attached to an aromatic ring is 1. The maximum atomic E-state index is 13.0. The van der Waals surface area contributed by atoms with Gasteiger partial charge in [0.05, 0.1) is 19.5 Å². The summed E-state index contributed by atoms with van der Waals surface area (Å²) >= 11 is 0. The molecule has 4 rings (SSSR count). The zero-order valence-corrected chi connectivity index (χ0v) is 16.0. The Morgan fingerprint density at radius 2 is 2.17 bits per heavy atom. The minimum atomic E-state index is -0.562. The number of aromatic nitrogens is 5. The number of aryl methyl sites for hydroxylation is 2. The van der Waals surface area contributed by atoms with E-state index in [4.69, 9.17) is 10.5 Å². The van der Waals surface area contributed by atoms with Gasteiger partial charge in [0.25, 0.3) is 11.2 Å². The van der Waals surface area contributed by atoms with Crippen LogP contribution >= 0.6 is 0 Å². The molecule has 29 heavy (non-hydrogen) atoms. The fourth-order valence-corrected chi connectivity index (χ4v) is 3.33. The first-order valence-electron chi connectivity index (χ1n) is 9.36. The molecule has 0 saturated carbocycles. The lowest BCUT2D eigenvalue weighted by molar-refractivity contribution is -0.659. The molecule has 0 aromatic carbocycles. The molecule has 0 atom stereocenters. The molecule has 9 nitrogen and oxygen atoms in total. The van der Waals surface area contributed by atoms with Crippen LogP contribution in [-0.2, 0) is 17.8 Å². The number of hydrogen-bond donors (Lipinski definition) is 1. The van der Waals surface area contributed by atoms with Crippen LogP contribution in [0.4, 0.5) is 5.82 Å². The van der Waals surface area contributed by atoms with Crippen molar-refractivity contribution in [3.8, 4) is 0 Å². The number of carbonyl (C=O) groups is 1. The van der Waals surface area contributed by atoms with E-state index in [0.29, 0.717) is 36.2 Å². The summed E-state index contributed by atoms with van der Waals surface area (Å²) in [6.45, 7) is 3.12. The van der Waals surface area contributed by atoms with Crippen LogP contribution in [0.25, 0.3) is 16.7 Å². The number of fused-ring (bicyclic) bond motifs is 2. The molecule has 0 radical (unpaired) electrons. The zero-order valence-electron chi connectivity index (χ0n) is 16.0. The fraction of sp³-hybridized carbons (Fsp3) is 0.250. The number of carbonyl (C=O) groups excluding carboxylic acids is 1. The number of nitrogens with zero attached hydrogens (tertiary/aromatic N) is 5. The van der Waals surface area contributed by atoms with Gasteiger partial charge in [-0.2, -0.15) is 0 Å². The van der Waals surface area contributed by atoms with Crippen LogP contribution in [0.1, 0.15) is 23.7 Å². The summed E-state index contributed by atoms with van der Waals surface area (Å²) in [6.07, 6.45) is 7.68. The SMILES string of the molecule is CCOC(=O)c1cc2c(=O)n3ccccc3nc2[n+](CCCn2ccnc2)c1N. The number of hydrogen-bond acceptors (Lipinski definition) is 6. The molecule has 0 unspecified atom stereocenters. The Hall–Kier alpha value is -3.75. The minimum absolute atomic E-state index is 0.164. The van der Waals surface area contributed by atoms with Crippen molar-refractivity contribution >= 4 is 28.5 Å². The smallest absolute Gasteiger partial charge is 0.344 e. The number of nitrogens with two attached hydrogens (primary N) is 1. The Bertz CT molecular complexity index is 1250. The normalized spacial score (nSPS) is 11.2. The van der Waals surface area contributed by atoms with Gasteiger partial charge in [0.15, 0.2) is 0 Å². The number of ether oxygens (including phenoxy) is 1. The van der Waals surface area contributed by atoms with E-state index in [1.54, 1.807) is 42.3 Å². The lowest BCUT2D eigenvalue weighted by Gasteiger charge is -2.12. The number of anilines is 1. The maximum Gasteiger partial charge on any atom is 0.344 e. The number of esters is 1. The standard InChI is InChI=1S/C20H20N6O3/c1-2-29-20(28)14-12-15-18(23-16-6-3-4-9-25(16)19(15)27)26(17(14)21)10-5-8-24-11-7-22-13-24/h3-4,6-7,9,11-13,21H,2,5,8,10H2,1H3/p+1. The fourth-order valence-electron chi connectivity index (χ4n) is 3.33. The molecule has 0 fully saturated rings. The van der Waals surface area contributed by atoms with Gasteiger partial charge in [-0.15, -0.1) is 0 Å².